The summed E-state index contributed by atoms with van der Waals surface area (Å²) in [5.74, 6) is 0.470. The average molecular weight is 435 g/mol. The Labute approximate surface area is 143 Å². The van der Waals surface area contributed by atoms with Crippen LogP contribution in [0.4, 0.5) is 0 Å². The van der Waals surface area contributed by atoms with E-state index in [-0.39, 0.29) is 5.91 Å². The molecule has 0 spiro atoms. The van der Waals surface area contributed by atoms with Crippen molar-refractivity contribution < 1.29 is 9.53 Å². The molecule has 1 saturated heterocycles. The lowest BCUT2D eigenvalue weighted by Crippen LogP contribution is -2.17. The van der Waals surface area contributed by atoms with Gasteiger partial charge in [0.2, 0.25) is 0 Å². The van der Waals surface area contributed by atoms with Gasteiger partial charge in [-0.05, 0) is 34.1 Å². The van der Waals surface area contributed by atoms with Gasteiger partial charge in [0.25, 0.3) is 5.91 Å². The number of thioether (sulfide) groups is 1. The third kappa shape index (κ3) is 3.72. The Balaban J connectivity index is 2.44. The molecule has 1 amide bonds. The molecule has 0 saturated carbocycles. The molecule has 0 unspecified atom stereocenters. The van der Waals surface area contributed by atoms with Gasteiger partial charge in [0.15, 0.2) is 0 Å². The number of hydrogen-bond donors (Lipinski definition) is 1. The Morgan fingerprint density at radius 1 is 1.45 bits per heavy atom. The average Bonchev–Trinajstić information content (AvgIpc) is 2.66. The number of thiocarbonyl (C=S) groups is 1. The predicted octanol–water partition coefficient (Wildman–Crippen LogP) is 4.27. The van der Waals surface area contributed by atoms with Crippen molar-refractivity contribution in [1.29, 1.82) is 0 Å². The van der Waals surface area contributed by atoms with E-state index in [0.717, 1.165) is 14.5 Å². The van der Waals surface area contributed by atoms with Crippen molar-refractivity contribution in [3.63, 3.8) is 0 Å². The predicted molar refractivity (Wildman–Crippen MR) is 93.8 cm³/mol. The number of ether oxygens (including phenoxy) is 1. The molecule has 0 aliphatic carbocycles. The number of nitrogens with one attached hydrogen (secondary N) is 1. The second-order valence-corrected chi connectivity index (χ2v) is 7.25. The number of hydrogen-bond acceptors (Lipinski definition) is 4. The maximum Gasteiger partial charge on any atom is 0.263 e. The maximum atomic E-state index is 11.7. The molecule has 1 fully saturated rings. The summed E-state index contributed by atoms with van der Waals surface area (Å²) >= 11 is 13.1. The molecule has 1 aromatic rings. The monoisotopic (exact) mass is 433 g/mol. The molecule has 0 aromatic heterocycles. The lowest BCUT2D eigenvalue weighted by Gasteiger charge is -2.11. The largest absolute Gasteiger partial charge is 0.488 e. The first-order valence-corrected chi connectivity index (χ1v) is 8.30. The van der Waals surface area contributed by atoms with Crippen LogP contribution in [0.1, 0.15) is 5.56 Å². The Morgan fingerprint density at radius 3 is 2.80 bits per heavy atom. The minimum atomic E-state index is -0.189. The lowest BCUT2D eigenvalue weighted by molar-refractivity contribution is -0.115. The van der Waals surface area contributed by atoms with Crippen molar-refractivity contribution >= 4 is 72.1 Å². The molecule has 1 aliphatic heterocycles. The summed E-state index contributed by atoms with van der Waals surface area (Å²) in [6, 6.07) is 3.76. The Morgan fingerprint density at radius 2 is 2.20 bits per heavy atom. The summed E-state index contributed by atoms with van der Waals surface area (Å²) in [4.78, 5) is 12.3. The van der Waals surface area contributed by atoms with Crippen LogP contribution in [0.2, 0.25) is 0 Å². The zero-order valence-corrected chi connectivity index (χ0v) is 14.9. The number of rotatable bonds is 4. The van der Waals surface area contributed by atoms with Crippen LogP contribution in [-0.4, -0.2) is 16.8 Å². The fourth-order valence-corrected chi connectivity index (χ4v) is 3.95. The van der Waals surface area contributed by atoms with Crippen LogP contribution < -0.4 is 10.1 Å². The highest BCUT2D eigenvalue weighted by Gasteiger charge is 2.23. The molecule has 3 nitrogen and oxygen atoms in total. The first-order valence-electron chi connectivity index (χ1n) is 5.49. The van der Waals surface area contributed by atoms with Crippen LogP contribution in [0.3, 0.4) is 0 Å². The van der Waals surface area contributed by atoms with Gasteiger partial charge in [0.05, 0.1) is 9.38 Å². The minimum absolute atomic E-state index is 0.189. The number of halogens is 2. The highest BCUT2D eigenvalue weighted by molar-refractivity contribution is 9.11. The van der Waals surface area contributed by atoms with Crippen LogP contribution in [0.5, 0.6) is 5.75 Å². The van der Waals surface area contributed by atoms with Crippen molar-refractivity contribution in [2.24, 2.45) is 0 Å². The lowest BCUT2D eigenvalue weighted by atomic mass is 10.2. The van der Waals surface area contributed by atoms with Crippen LogP contribution in [-0.2, 0) is 4.79 Å². The van der Waals surface area contributed by atoms with Gasteiger partial charge in [-0.2, -0.15) is 0 Å². The third-order valence-electron chi connectivity index (χ3n) is 2.31. The number of carbonyl (C=O) groups is 1. The molecular weight excluding hydrogens is 426 g/mol. The fourth-order valence-electron chi connectivity index (χ4n) is 1.54. The van der Waals surface area contributed by atoms with Gasteiger partial charge >= 0.3 is 0 Å². The van der Waals surface area contributed by atoms with Gasteiger partial charge in [0, 0.05) is 10.0 Å². The van der Waals surface area contributed by atoms with Crippen LogP contribution >= 0.6 is 55.8 Å². The number of amides is 1. The molecule has 1 aliphatic rings. The van der Waals surface area contributed by atoms with E-state index in [1.54, 1.807) is 12.2 Å². The molecule has 2 rings (SSSR count). The summed E-state index contributed by atoms with van der Waals surface area (Å²) in [7, 11) is 0. The molecule has 1 aromatic carbocycles. The molecule has 0 radical (unpaired) electrons. The van der Waals surface area contributed by atoms with E-state index in [1.807, 2.05) is 12.1 Å². The molecule has 104 valence electrons. The van der Waals surface area contributed by atoms with E-state index in [1.165, 1.54) is 11.8 Å². The van der Waals surface area contributed by atoms with Crippen molar-refractivity contribution in [3.8, 4) is 5.75 Å². The van der Waals surface area contributed by atoms with Gasteiger partial charge in [-0.25, -0.2) is 0 Å². The number of benzene rings is 1. The summed E-state index contributed by atoms with van der Waals surface area (Å²) < 4.78 is 7.78. The van der Waals surface area contributed by atoms with E-state index < -0.39 is 0 Å². The smallest absolute Gasteiger partial charge is 0.263 e. The first kappa shape index (κ1) is 15.8. The van der Waals surface area contributed by atoms with Crippen LogP contribution in [0.25, 0.3) is 6.08 Å². The molecule has 20 heavy (non-hydrogen) atoms. The van der Waals surface area contributed by atoms with E-state index in [9.17, 15) is 4.79 Å². The zero-order valence-electron chi connectivity index (χ0n) is 10.1. The third-order valence-corrected chi connectivity index (χ3v) is 4.52. The van der Waals surface area contributed by atoms with E-state index in [0.29, 0.717) is 21.6 Å². The zero-order chi connectivity index (χ0) is 14.7. The van der Waals surface area contributed by atoms with Gasteiger partial charge in [-0.15, -0.1) is 0 Å². The summed E-state index contributed by atoms with van der Waals surface area (Å²) in [5, 5.41) is 2.59. The molecule has 1 N–H and O–H groups in total. The van der Waals surface area contributed by atoms with Gasteiger partial charge < -0.3 is 10.1 Å². The van der Waals surface area contributed by atoms with Crippen molar-refractivity contribution in [2.75, 3.05) is 6.61 Å². The van der Waals surface area contributed by atoms with Crippen molar-refractivity contribution in [2.45, 2.75) is 0 Å². The van der Waals surface area contributed by atoms with Crippen LogP contribution in [0, 0.1) is 0 Å². The molecule has 7 heteroatoms. The van der Waals surface area contributed by atoms with E-state index >= 15 is 0 Å². The standard InChI is InChI=1S/C13H9Br2NO2S2/c1-2-3-18-11-7(4-8(14)6-9(11)15)5-10-12(17)16-13(19)20-10/h2,4-6H,1,3H2,(H,16,17,19). The van der Waals surface area contributed by atoms with Gasteiger partial charge in [0.1, 0.15) is 16.7 Å². The summed E-state index contributed by atoms with van der Waals surface area (Å²) in [6.45, 7) is 4.01. The maximum absolute atomic E-state index is 11.7. The highest BCUT2D eigenvalue weighted by atomic mass is 79.9. The van der Waals surface area contributed by atoms with Gasteiger partial charge in [-0.1, -0.05) is 52.6 Å². The Bertz CT molecular complexity index is 629. The second-order valence-electron chi connectivity index (χ2n) is 3.76. The summed E-state index contributed by atoms with van der Waals surface area (Å²) in [5.41, 5.74) is 0.787. The molecular formula is C13H9Br2NO2S2. The molecule has 0 atom stereocenters. The second kappa shape index (κ2) is 6.89. The normalized spacial score (nSPS) is 16.4. The summed E-state index contributed by atoms with van der Waals surface area (Å²) in [6.07, 6.45) is 3.42. The molecule has 0 bridgehead atoms. The van der Waals surface area contributed by atoms with E-state index in [2.05, 4.69) is 43.8 Å². The molecule has 1 heterocycles. The van der Waals surface area contributed by atoms with Crippen LogP contribution in [0.15, 0.2) is 38.6 Å². The SMILES string of the molecule is C=CCOc1c(Br)cc(Br)cc1C=C1SC(=S)NC1=O. The van der Waals surface area contributed by atoms with Gasteiger partial charge in [-0.3, -0.25) is 4.79 Å². The topological polar surface area (TPSA) is 38.3 Å². The first-order chi connectivity index (χ1) is 9.51. The quantitative estimate of drug-likeness (QED) is 0.436. The van der Waals surface area contributed by atoms with Crippen molar-refractivity contribution in [3.05, 3.63) is 44.2 Å². The number of carbonyl (C=O) groups excluding carboxylic acids is 1. The van der Waals surface area contributed by atoms with E-state index in [4.69, 9.17) is 17.0 Å². The Kier molecular flexibility index (Phi) is 5.42. The Hall–Kier alpha value is -0.630. The fraction of sp³-hybridized carbons (Fsp3) is 0.0769. The van der Waals surface area contributed by atoms with Crippen molar-refractivity contribution in [1.82, 2.24) is 5.32 Å². The minimum Gasteiger partial charge on any atom is -0.488 e. The highest BCUT2D eigenvalue weighted by Crippen LogP contribution is 2.36.